The molecule has 9 heteroatoms. The molecule has 24 heavy (non-hydrogen) atoms. The molecule has 1 atom stereocenters. The first-order chi connectivity index (χ1) is 11.4. The molecule has 4 rings (SSSR count). The van der Waals surface area contributed by atoms with Crippen molar-refractivity contribution in [3.05, 3.63) is 17.3 Å². The standard InChI is InChI=1S/C15H15F3N4OS/c16-15(17,18)6-9-5-10-11(20-8-21-12(10)24-9)22-4-2-14(7-22)1-3-19-13(14)23/h5,8H,1-4,6-7H2,(H,19,23). The Morgan fingerprint density at radius 1 is 1.33 bits per heavy atom. The predicted molar refractivity (Wildman–Crippen MR) is 84.1 cm³/mol. The van der Waals surface area contributed by atoms with Gasteiger partial charge in [-0.2, -0.15) is 13.2 Å². The molecular formula is C15H15F3N4OS. The molecule has 0 aliphatic carbocycles. The van der Waals surface area contributed by atoms with E-state index >= 15 is 0 Å². The maximum atomic E-state index is 12.6. The van der Waals surface area contributed by atoms with Crippen molar-refractivity contribution in [3.8, 4) is 0 Å². The van der Waals surface area contributed by atoms with Crippen molar-refractivity contribution in [2.45, 2.75) is 25.4 Å². The van der Waals surface area contributed by atoms with Gasteiger partial charge in [-0.15, -0.1) is 11.3 Å². The van der Waals surface area contributed by atoms with Crippen molar-refractivity contribution in [2.75, 3.05) is 24.5 Å². The zero-order valence-electron chi connectivity index (χ0n) is 12.7. The average molecular weight is 356 g/mol. The Bertz CT molecular complexity index is 806. The van der Waals surface area contributed by atoms with Crippen molar-refractivity contribution >= 4 is 33.3 Å². The summed E-state index contributed by atoms with van der Waals surface area (Å²) in [7, 11) is 0. The van der Waals surface area contributed by atoms with Crippen LogP contribution in [-0.2, 0) is 11.2 Å². The number of anilines is 1. The van der Waals surface area contributed by atoms with Crippen LogP contribution in [0.1, 0.15) is 17.7 Å². The Hall–Kier alpha value is -1.90. The van der Waals surface area contributed by atoms with Crippen LogP contribution in [0.3, 0.4) is 0 Å². The van der Waals surface area contributed by atoms with Crippen LogP contribution < -0.4 is 10.2 Å². The summed E-state index contributed by atoms with van der Waals surface area (Å²) in [6.45, 7) is 1.90. The Kier molecular flexibility index (Phi) is 3.45. The van der Waals surface area contributed by atoms with E-state index in [1.165, 1.54) is 12.4 Å². The van der Waals surface area contributed by atoms with Crippen LogP contribution in [0.15, 0.2) is 12.4 Å². The van der Waals surface area contributed by atoms with E-state index in [0.29, 0.717) is 35.7 Å². The largest absolute Gasteiger partial charge is 0.393 e. The summed E-state index contributed by atoms with van der Waals surface area (Å²) in [4.78, 5) is 23.3. The number of rotatable bonds is 2. The molecule has 2 saturated heterocycles. The van der Waals surface area contributed by atoms with E-state index in [2.05, 4.69) is 15.3 Å². The number of aromatic nitrogens is 2. The Balaban J connectivity index is 1.66. The van der Waals surface area contributed by atoms with E-state index in [1.54, 1.807) is 0 Å². The second-order valence-corrected chi connectivity index (χ2v) is 7.49. The van der Waals surface area contributed by atoms with Gasteiger partial charge in [0.05, 0.1) is 17.2 Å². The fourth-order valence-electron chi connectivity index (χ4n) is 3.59. The van der Waals surface area contributed by atoms with Crippen LogP contribution >= 0.6 is 11.3 Å². The SMILES string of the molecule is O=C1NCCC12CCN(c1ncnc3sc(CC(F)(F)F)cc13)C2. The van der Waals surface area contributed by atoms with Crippen LogP contribution in [0.5, 0.6) is 0 Å². The van der Waals surface area contributed by atoms with Crippen LogP contribution in [0.4, 0.5) is 19.0 Å². The van der Waals surface area contributed by atoms with Crippen LogP contribution in [-0.4, -0.2) is 41.7 Å². The third-order valence-electron chi connectivity index (χ3n) is 4.76. The highest BCUT2D eigenvalue weighted by Crippen LogP contribution is 2.41. The van der Waals surface area contributed by atoms with Gasteiger partial charge in [-0.05, 0) is 18.9 Å². The van der Waals surface area contributed by atoms with Gasteiger partial charge in [0.15, 0.2) is 0 Å². The summed E-state index contributed by atoms with van der Waals surface area (Å²) in [6.07, 6.45) is -2.29. The maximum Gasteiger partial charge on any atom is 0.393 e. The molecule has 128 valence electrons. The highest BCUT2D eigenvalue weighted by molar-refractivity contribution is 7.18. The van der Waals surface area contributed by atoms with Crippen molar-refractivity contribution in [3.63, 3.8) is 0 Å². The highest BCUT2D eigenvalue weighted by Gasteiger charge is 2.48. The van der Waals surface area contributed by atoms with Crippen LogP contribution in [0.25, 0.3) is 10.2 Å². The molecule has 0 radical (unpaired) electrons. The van der Waals surface area contributed by atoms with Gasteiger partial charge in [-0.25, -0.2) is 9.97 Å². The Morgan fingerprint density at radius 2 is 2.17 bits per heavy atom. The summed E-state index contributed by atoms with van der Waals surface area (Å²) >= 11 is 1.04. The quantitative estimate of drug-likeness (QED) is 0.898. The summed E-state index contributed by atoms with van der Waals surface area (Å²) in [5.74, 6) is 0.694. The van der Waals surface area contributed by atoms with E-state index in [4.69, 9.17) is 0 Å². The number of thiophene rings is 1. The lowest BCUT2D eigenvalue weighted by Gasteiger charge is -2.22. The van der Waals surface area contributed by atoms with Gasteiger partial charge in [0.2, 0.25) is 5.91 Å². The number of fused-ring (bicyclic) bond motifs is 1. The van der Waals surface area contributed by atoms with E-state index in [1.807, 2.05) is 4.90 Å². The summed E-state index contributed by atoms with van der Waals surface area (Å²) in [6, 6.07) is 1.53. The molecule has 5 nitrogen and oxygen atoms in total. The molecule has 2 fully saturated rings. The number of nitrogens with one attached hydrogen (secondary N) is 1. The second kappa shape index (κ2) is 5.30. The van der Waals surface area contributed by atoms with Crippen LogP contribution in [0, 0.1) is 5.41 Å². The molecule has 1 spiro atoms. The first-order valence-electron chi connectivity index (χ1n) is 7.70. The predicted octanol–water partition coefficient (Wildman–Crippen LogP) is 2.51. The molecule has 2 aliphatic heterocycles. The van der Waals surface area contributed by atoms with Crippen molar-refractivity contribution < 1.29 is 18.0 Å². The molecule has 2 aliphatic rings. The number of nitrogens with zero attached hydrogens (tertiary/aromatic N) is 3. The minimum absolute atomic E-state index is 0.0679. The molecule has 1 N–H and O–H groups in total. The van der Waals surface area contributed by atoms with E-state index in [9.17, 15) is 18.0 Å². The molecule has 1 amide bonds. The minimum Gasteiger partial charge on any atom is -0.356 e. The minimum atomic E-state index is -4.24. The molecule has 0 saturated carbocycles. The first kappa shape index (κ1) is 15.6. The number of halogens is 3. The topological polar surface area (TPSA) is 58.1 Å². The van der Waals surface area contributed by atoms with Crippen molar-refractivity contribution in [1.29, 1.82) is 0 Å². The van der Waals surface area contributed by atoms with Crippen molar-refractivity contribution in [1.82, 2.24) is 15.3 Å². The van der Waals surface area contributed by atoms with Crippen LogP contribution in [0.2, 0.25) is 0 Å². The number of carbonyl (C=O) groups is 1. The molecule has 4 heterocycles. The summed E-state index contributed by atoms with van der Waals surface area (Å²) < 4.78 is 37.9. The van der Waals surface area contributed by atoms with Gasteiger partial charge in [-0.1, -0.05) is 0 Å². The zero-order chi connectivity index (χ0) is 16.9. The van der Waals surface area contributed by atoms with Crippen molar-refractivity contribution in [2.24, 2.45) is 5.41 Å². The third-order valence-corrected chi connectivity index (χ3v) is 5.80. The number of amides is 1. The average Bonchev–Trinajstić information content (AvgIpc) is 3.17. The van der Waals surface area contributed by atoms with Gasteiger partial charge in [-0.3, -0.25) is 4.79 Å². The fraction of sp³-hybridized carbons (Fsp3) is 0.533. The molecule has 0 aromatic carbocycles. The number of hydrogen-bond donors (Lipinski definition) is 1. The molecular weight excluding hydrogens is 341 g/mol. The lowest BCUT2D eigenvalue weighted by atomic mass is 9.86. The fourth-order valence-corrected chi connectivity index (χ4v) is 4.61. The molecule has 1 unspecified atom stereocenters. The third kappa shape index (κ3) is 2.60. The molecule has 2 aromatic rings. The normalized spacial score (nSPS) is 24.3. The van der Waals surface area contributed by atoms with Gasteiger partial charge < -0.3 is 10.2 Å². The lowest BCUT2D eigenvalue weighted by molar-refractivity contribution is -0.127. The van der Waals surface area contributed by atoms with Gasteiger partial charge in [0, 0.05) is 24.5 Å². The summed E-state index contributed by atoms with van der Waals surface area (Å²) in [5, 5.41) is 3.51. The Morgan fingerprint density at radius 3 is 2.88 bits per heavy atom. The number of hydrogen-bond acceptors (Lipinski definition) is 5. The first-order valence-corrected chi connectivity index (χ1v) is 8.51. The number of alkyl halides is 3. The number of carbonyl (C=O) groups excluding carboxylic acids is 1. The van der Waals surface area contributed by atoms with E-state index in [0.717, 1.165) is 24.2 Å². The zero-order valence-corrected chi connectivity index (χ0v) is 13.5. The highest BCUT2D eigenvalue weighted by atomic mass is 32.1. The Labute approximate surface area is 139 Å². The summed E-state index contributed by atoms with van der Waals surface area (Å²) in [5.41, 5.74) is -0.387. The second-order valence-electron chi connectivity index (χ2n) is 6.38. The van der Waals surface area contributed by atoms with Gasteiger partial charge in [0.1, 0.15) is 17.0 Å². The molecule has 0 bridgehead atoms. The smallest absolute Gasteiger partial charge is 0.356 e. The van der Waals surface area contributed by atoms with E-state index < -0.39 is 12.6 Å². The molecule has 2 aromatic heterocycles. The van der Waals surface area contributed by atoms with E-state index in [-0.39, 0.29) is 16.2 Å². The monoisotopic (exact) mass is 356 g/mol. The van der Waals surface area contributed by atoms with Gasteiger partial charge in [0.25, 0.3) is 0 Å². The van der Waals surface area contributed by atoms with Gasteiger partial charge >= 0.3 is 6.18 Å². The maximum absolute atomic E-state index is 12.6. The lowest BCUT2D eigenvalue weighted by Crippen LogP contribution is -2.34.